The quantitative estimate of drug-likeness (QED) is 0.675. The summed E-state index contributed by atoms with van der Waals surface area (Å²) in [5.41, 5.74) is 4.24. The maximum Gasteiger partial charge on any atom is 0.259 e. The summed E-state index contributed by atoms with van der Waals surface area (Å²) in [7, 11) is 0. The van der Waals surface area contributed by atoms with Crippen LogP contribution in [-0.2, 0) is 13.0 Å². The number of halogens is 2. The Kier molecular flexibility index (Phi) is 5.39. The van der Waals surface area contributed by atoms with Gasteiger partial charge in [0.05, 0.1) is 28.8 Å². The predicted molar refractivity (Wildman–Crippen MR) is 113 cm³/mol. The van der Waals surface area contributed by atoms with Gasteiger partial charge in [-0.05, 0) is 55.1 Å². The number of aromatic nitrogens is 2. The van der Waals surface area contributed by atoms with E-state index in [1.807, 2.05) is 41.1 Å². The van der Waals surface area contributed by atoms with Gasteiger partial charge in [-0.3, -0.25) is 4.79 Å². The van der Waals surface area contributed by atoms with Crippen LogP contribution in [-0.4, -0.2) is 22.2 Å². The molecule has 1 saturated carbocycles. The Hall–Kier alpha value is -2.70. The van der Waals surface area contributed by atoms with Crippen molar-refractivity contribution in [3.63, 3.8) is 0 Å². The molecule has 0 spiro atoms. The lowest BCUT2D eigenvalue weighted by molar-refractivity contribution is 0.102. The molecule has 2 aromatic carbocycles. The van der Waals surface area contributed by atoms with Crippen molar-refractivity contribution in [2.45, 2.75) is 31.7 Å². The first kappa shape index (κ1) is 19.6. The molecule has 3 aromatic rings. The molecule has 1 aromatic heterocycles. The van der Waals surface area contributed by atoms with Crippen LogP contribution in [0.5, 0.6) is 0 Å². The van der Waals surface area contributed by atoms with Gasteiger partial charge in [-0.15, -0.1) is 12.4 Å². The standard InChI is InChI=1S/C22H21FN4O.ClH/c23-20-17-10-11-24-12-15(17)8-9-19(20)26-22(28)18-13-25-27(21(18)14-6-7-14)16-4-2-1-3-5-16;/h1-5,8-9,13-14,24H,6-7,10-12H2,(H,26,28);1H. The highest BCUT2D eigenvalue weighted by Gasteiger charge is 2.33. The molecule has 0 unspecified atom stereocenters. The summed E-state index contributed by atoms with van der Waals surface area (Å²) >= 11 is 0. The number of benzene rings is 2. The first-order valence-corrected chi connectivity index (χ1v) is 9.68. The fourth-order valence-electron chi connectivity index (χ4n) is 3.88. The maximum atomic E-state index is 14.9. The SMILES string of the molecule is Cl.O=C(Nc1ccc2c(c1F)CCNC2)c1cnn(-c2ccccc2)c1C1CC1. The Balaban J connectivity index is 0.00000205. The zero-order chi connectivity index (χ0) is 19.1. The van der Waals surface area contributed by atoms with Crippen molar-refractivity contribution in [2.24, 2.45) is 0 Å². The third-order valence-electron chi connectivity index (χ3n) is 5.47. The van der Waals surface area contributed by atoms with Crippen LogP contribution in [0.1, 0.15) is 45.9 Å². The summed E-state index contributed by atoms with van der Waals surface area (Å²) in [5, 5.41) is 10.5. The summed E-state index contributed by atoms with van der Waals surface area (Å²) < 4.78 is 16.7. The van der Waals surface area contributed by atoms with Crippen LogP contribution >= 0.6 is 12.4 Å². The smallest absolute Gasteiger partial charge is 0.259 e. The largest absolute Gasteiger partial charge is 0.319 e. The van der Waals surface area contributed by atoms with Crippen LogP contribution in [0.3, 0.4) is 0 Å². The minimum Gasteiger partial charge on any atom is -0.319 e. The number of nitrogens with zero attached hydrogens (tertiary/aromatic N) is 2. The molecule has 1 fully saturated rings. The second-order valence-electron chi connectivity index (χ2n) is 7.41. The second-order valence-corrected chi connectivity index (χ2v) is 7.41. The topological polar surface area (TPSA) is 59.0 Å². The lowest BCUT2D eigenvalue weighted by Gasteiger charge is -2.19. The van der Waals surface area contributed by atoms with Gasteiger partial charge in [0, 0.05) is 12.5 Å². The van der Waals surface area contributed by atoms with Gasteiger partial charge >= 0.3 is 0 Å². The van der Waals surface area contributed by atoms with E-state index in [0.717, 1.165) is 36.3 Å². The Labute approximate surface area is 174 Å². The normalized spacial score (nSPS) is 15.3. The Bertz CT molecular complexity index is 1050. The van der Waals surface area contributed by atoms with Crippen LogP contribution in [0.2, 0.25) is 0 Å². The number of amides is 1. The van der Waals surface area contributed by atoms with E-state index < -0.39 is 0 Å². The lowest BCUT2D eigenvalue weighted by Crippen LogP contribution is -2.25. The van der Waals surface area contributed by atoms with Crippen LogP contribution in [0.4, 0.5) is 10.1 Å². The van der Waals surface area contributed by atoms with E-state index in [2.05, 4.69) is 15.7 Å². The molecule has 2 N–H and O–H groups in total. The average molecular weight is 413 g/mol. The maximum absolute atomic E-state index is 14.9. The minimum absolute atomic E-state index is 0. The van der Waals surface area contributed by atoms with Crippen LogP contribution in [0, 0.1) is 5.82 Å². The number of carbonyl (C=O) groups excluding carboxylic acids is 1. The summed E-state index contributed by atoms with van der Waals surface area (Å²) in [4.78, 5) is 13.0. The van der Waals surface area contributed by atoms with Crippen molar-refractivity contribution in [1.29, 1.82) is 0 Å². The molecule has 5 rings (SSSR count). The van der Waals surface area contributed by atoms with Gasteiger partial charge in [-0.2, -0.15) is 5.10 Å². The Morgan fingerprint density at radius 2 is 1.97 bits per heavy atom. The molecule has 2 aliphatic rings. The molecule has 0 radical (unpaired) electrons. The Morgan fingerprint density at radius 3 is 2.72 bits per heavy atom. The van der Waals surface area contributed by atoms with E-state index >= 15 is 0 Å². The van der Waals surface area contributed by atoms with Gasteiger partial charge in [0.2, 0.25) is 0 Å². The monoisotopic (exact) mass is 412 g/mol. The van der Waals surface area contributed by atoms with Gasteiger partial charge in [-0.1, -0.05) is 24.3 Å². The zero-order valence-electron chi connectivity index (χ0n) is 15.8. The highest BCUT2D eigenvalue weighted by molar-refractivity contribution is 6.05. The molecule has 1 aliphatic heterocycles. The van der Waals surface area contributed by atoms with E-state index in [1.165, 1.54) is 0 Å². The molecule has 0 atom stereocenters. The molecule has 0 saturated heterocycles. The van der Waals surface area contributed by atoms with Crippen LogP contribution in [0.25, 0.3) is 5.69 Å². The van der Waals surface area contributed by atoms with Gasteiger partial charge in [0.1, 0.15) is 5.82 Å². The summed E-state index contributed by atoms with van der Waals surface area (Å²) in [6.45, 7) is 1.41. The Morgan fingerprint density at radius 1 is 1.17 bits per heavy atom. The zero-order valence-corrected chi connectivity index (χ0v) is 16.6. The number of fused-ring (bicyclic) bond motifs is 1. The van der Waals surface area contributed by atoms with E-state index in [0.29, 0.717) is 30.0 Å². The molecule has 150 valence electrons. The number of anilines is 1. The van der Waals surface area contributed by atoms with Crippen LogP contribution in [0.15, 0.2) is 48.7 Å². The first-order valence-electron chi connectivity index (χ1n) is 9.68. The van der Waals surface area contributed by atoms with E-state index in [-0.39, 0.29) is 29.8 Å². The van der Waals surface area contributed by atoms with E-state index in [4.69, 9.17) is 0 Å². The number of carbonyl (C=O) groups is 1. The molecular formula is C22H22ClFN4O. The third-order valence-corrected chi connectivity index (χ3v) is 5.47. The highest BCUT2D eigenvalue weighted by atomic mass is 35.5. The average Bonchev–Trinajstić information content (AvgIpc) is 3.48. The second kappa shape index (κ2) is 7.97. The fourth-order valence-corrected chi connectivity index (χ4v) is 3.88. The van der Waals surface area contributed by atoms with Crippen molar-refractivity contribution >= 4 is 24.0 Å². The van der Waals surface area contributed by atoms with Crippen molar-refractivity contribution < 1.29 is 9.18 Å². The molecular weight excluding hydrogens is 391 g/mol. The number of nitrogens with one attached hydrogen (secondary N) is 2. The number of hydrogen-bond donors (Lipinski definition) is 2. The van der Waals surface area contributed by atoms with Gasteiger partial charge < -0.3 is 10.6 Å². The van der Waals surface area contributed by atoms with E-state index in [1.54, 1.807) is 12.3 Å². The molecule has 2 heterocycles. The van der Waals surface area contributed by atoms with E-state index in [9.17, 15) is 9.18 Å². The number of rotatable bonds is 4. The summed E-state index contributed by atoms with van der Waals surface area (Å²) in [5.74, 6) is -0.310. The molecule has 0 bridgehead atoms. The van der Waals surface area contributed by atoms with Crippen molar-refractivity contribution in [3.05, 3.63) is 76.9 Å². The molecule has 5 nitrogen and oxygen atoms in total. The third kappa shape index (κ3) is 3.66. The highest BCUT2D eigenvalue weighted by Crippen LogP contribution is 2.42. The van der Waals surface area contributed by atoms with Crippen molar-refractivity contribution in [2.75, 3.05) is 11.9 Å². The summed E-state index contributed by atoms with van der Waals surface area (Å²) in [6, 6.07) is 13.3. The lowest BCUT2D eigenvalue weighted by atomic mass is 9.99. The molecule has 1 amide bonds. The molecule has 1 aliphatic carbocycles. The van der Waals surface area contributed by atoms with Crippen LogP contribution < -0.4 is 10.6 Å². The molecule has 29 heavy (non-hydrogen) atoms. The van der Waals surface area contributed by atoms with Gasteiger partial charge in [-0.25, -0.2) is 9.07 Å². The first-order chi connectivity index (χ1) is 13.7. The number of hydrogen-bond acceptors (Lipinski definition) is 3. The minimum atomic E-state index is -0.323. The number of para-hydroxylation sites is 1. The fraction of sp³-hybridized carbons (Fsp3) is 0.273. The van der Waals surface area contributed by atoms with Crippen molar-refractivity contribution in [3.8, 4) is 5.69 Å². The summed E-state index contributed by atoms with van der Waals surface area (Å²) in [6.07, 6.45) is 4.30. The predicted octanol–water partition coefficient (Wildman–Crippen LogP) is 4.21. The van der Waals surface area contributed by atoms with Gasteiger partial charge in [0.25, 0.3) is 5.91 Å². The van der Waals surface area contributed by atoms with Crippen molar-refractivity contribution in [1.82, 2.24) is 15.1 Å². The molecule has 7 heteroatoms. The van der Waals surface area contributed by atoms with Gasteiger partial charge in [0.15, 0.2) is 0 Å².